The molecule has 2 aromatic carbocycles. The van der Waals surface area contributed by atoms with Crippen molar-refractivity contribution in [2.24, 2.45) is 4.99 Å². The van der Waals surface area contributed by atoms with Crippen molar-refractivity contribution in [3.8, 4) is 11.5 Å². The first kappa shape index (κ1) is 19.1. The number of carbonyl (C=O) groups excluding carboxylic acids is 1. The van der Waals surface area contributed by atoms with Gasteiger partial charge >= 0.3 is 6.03 Å². The van der Waals surface area contributed by atoms with Crippen LogP contribution in [0.1, 0.15) is 17.5 Å². The zero-order chi connectivity index (χ0) is 20.2. The van der Waals surface area contributed by atoms with Crippen molar-refractivity contribution < 1.29 is 9.53 Å². The number of amidine groups is 1. The van der Waals surface area contributed by atoms with E-state index >= 15 is 0 Å². The van der Waals surface area contributed by atoms with Crippen LogP contribution in [0, 0.1) is 6.92 Å². The third kappa shape index (κ3) is 4.11. The maximum absolute atomic E-state index is 12.4. The van der Waals surface area contributed by atoms with E-state index in [4.69, 9.17) is 9.73 Å². The number of hydrogen-bond acceptors (Lipinski definition) is 4. The predicted molar refractivity (Wildman–Crippen MR) is 115 cm³/mol. The van der Waals surface area contributed by atoms with Gasteiger partial charge in [0.2, 0.25) is 0 Å². The van der Waals surface area contributed by atoms with Crippen molar-refractivity contribution in [2.45, 2.75) is 13.3 Å². The number of amides is 2. The maximum Gasteiger partial charge on any atom is 0.317 e. The van der Waals surface area contributed by atoms with Crippen molar-refractivity contribution in [3.05, 3.63) is 66.2 Å². The fraction of sp³-hybridized carbons (Fsp3) is 0.304. The van der Waals surface area contributed by atoms with Gasteiger partial charge in [-0.2, -0.15) is 0 Å². The molecule has 0 saturated carbocycles. The number of hydrogen-bond donors (Lipinski definition) is 1. The summed E-state index contributed by atoms with van der Waals surface area (Å²) in [5.74, 6) is 2.47. The highest BCUT2D eigenvalue weighted by atomic mass is 16.5. The highest BCUT2D eigenvalue weighted by molar-refractivity contribution is 6.04. The van der Waals surface area contributed by atoms with E-state index in [9.17, 15) is 4.79 Å². The molecule has 4 rings (SSSR count). The minimum atomic E-state index is -0.0421. The average molecular weight is 390 g/mol. The molecule has 0 aromatic heterocycles. The van der Waals surface area contributed by atoms with Crippen LogP contribution >= 0.6 is 0 Å². The molecule has 6 nitrogen and oxygen atoms in total. The van der Waals surface area contributed by atoms with Crippen LogP contribution in [0.4, 0.5) is 10.5 Å². The van der Waals surface area contributed by atoms with Crippen molar-refractivity contribution in [1.29, 1.82) is 0 Å². The zero-order valence-corrected chi connectivity index (χ0v) is 16.7. The summed E-state index contributed by atoms with van der Waals surface area (Å²) in [4.78, 5) is 21.5. The van der Waals surface area contributed by atoms with E-state index in [1.165, 1.54) is 0 Å². The van der Waals surface area contributed by atoms with Gasteiger partial charge in [0.05, 0.1) is 5.56 Å². The number of aliphatic imine (C=N–C) groups is 1. The third-order valence-corrected chi connectivity index (χ3v) is 5.17. The second kappa shape index (κ2) is 8.39. The molecule has 0 atom stereocenters. The Bertz CT molecular complexity index is 954. The maximum atomic E-state index is 12.4. The fourth-order valence-corrected chi connectivity index (χ4v) is 3.68. The predicted octanol–water partition coefficient (Wildman–Crippen LogP) is 4.08. The van der Waals surface area contributed by atoms with Crippen LogP contribution in [0.3, 0.4) is 0 Å². The summed E-state index contributed by atoms with van der Waals surface area (Å²) in [5, 5.41) is 2.87. The topological polar surface area (TPSA) is 57.2 Å². The van der Waals surface area contributed by atoms with Crippen LogP contribution in [-0.4, -0.2) is 54.4 Å². The normalized spacial score (nSPS) is 15.8. The molecule has 2 aromatic rings. The highest BCUT2D eigenvalue weighted by Crippen LogP contribution is 2.38. The molecule has 2 aliphatic heterocycles. The molecule has 6 heteroatoms. The third-order valence-electron chi connectivity index (χ3n) is 5.17. The van der Waals surface area contributed by atoms with Crippen molar-refractivity contribution in [1.82, 2.24) is 15.1 Å². The van der Waals surface area contributed by atoms with Crippen LogP contribution in [0.2, 0.25) is 0 Å². The van der Waals surface area contributed by atoms with E-state index in [0.29, 0.717) is 13.1 Å². The summed E-state index contributed by atoms with van der Waals surface area (Å²) >= 11 is 0. The van der Waals surface area contributed by atoms with Crippen LogP contribution in [0.15, 0.2) is 60.1 Å². The zero-order valence-electron chi connectivity index (χ0n) is 16.7. The lowest BCUT2D eigenvalue weighted by Gasteiger charge is -2.25. The van der Waals surface area contributed by atoms with Crippen molar-refractivity contribution in [3.63, 3.8) is 0 Å². The Labute approximate surface area is 171 Å². The van der Waals surface area contributed by atoms with Crippen LogP contribution in [0.5, 0.6) is 11.5 Å². The standard InChI is InChI=1S/C23H26N4O2/c1-3-11-24-23(28)27-13-6-12-26(14-15-27)22-18-16-17(2)9-10-20(18)29-21-8-5-4-7-19(21)25-22/h3-5,7-10,16H,1,6,11-15H2,2H3,(H,24,28). The second-order valence-corrected chi connectivity index (χ2v) is 7.31. The molecule has 0 unspecified atom stereocenters. The number of nitrogens with zero attached hydrogens (tertiary/aromatic N) is 3. The molecule has 2 aliphatic rings. The molecular weight excluding hydrogens is 364 g/mol. The molecule has 0 spiro atoms. The second-order valence-electron chi connectivity index (χ2n) is 7.31. The minimum Gasteiger partial charge on any atom is -0.454 e. The summed E-state index contributed by atoms with van der Waals surface area (Å²) in [7, 11) is 0. The first-order valence-corrected chi connectivity index (χ1v) is 10.0. The van der Waals surface area contributed by atoms with E-state index in [2.05, 4.69) is 35.9 Å². The molecule has 2 heterocycles. The monoisotopic (exact) mass is 390 g/mol. The molecule has 1 fully saturated rings. The van der Waals surface area contributed by atoms with E-state index in [0.717, 1.165) is 60.2 Å². The Morgan fingerprint density at radius 2 is 2.03 bits per heavy atom. The van der Waals surface area contributed by atoms with Gasteiger partial charge < -0.3 is 19.9 Å². The number of fused-ring (bicyclic) bond motifs is 2. The summed E-state index contributed by atoms with van der Waals surface area (Å²) in [6.45, 7) is 9.13. The molecule has 29 heavy (non-hydrogen) atoms. The summed E-state index contributed by atoms with van der Waals surface area (Å²) < 4.78 is 6.19. The Hall–Kier alpha value is -3.28. The van der Waals surface area contributed by atoms with Crippen LogP contribution < -0.4 is 10.1 Å². The first-order chi connectivity index (χ1) is 14.2. The average Bonchev–Trinajstić information content (AvgIpc) is 3.06. The number of benzene rings is 2. The lowest BCUT2D eigenvalue weighted by molar-refractivity contribution is 0.201. The van der Waals surface area contributed by atoms with Gasteiger partial charge in [0, 0.05) is 32.7 Å². The molecule has 150 valence electrons. The summed E-state index contributed by atoms with van der Waals surface area (Å²) in [6, 6.07) is 14.0. The summed E-state index contributed by atoms with van der Waals surface area (Å²) in [6.07, 6.45) is 2.57. The SMILES string of the molecule is C=CCNC(=O)N1CCCN(C2=Nc3ccccc3Oc3ccc(C)cc32)CC1. The van der Waals surface area contributed by atoms with Crippen molar-refractivity contribution in [2.75, 3.05) is 32.7 Å². The van der Waals surface area contributed by atoms with Gasteiger partial charge in [-0.3, -0.25) is 0 Å². The van der Waals surface area contributed by atoms with Gasteiger partial charge in [-0.1, -0.05) is 29.8 Å². The summed E-state index contributed by atoms with van der Waals surface area (Å²) in [5.41, 5.74) is 2.97. The largest absolute Gasteiger partial charge is 0.454 e. The van der Waals surface area contributed by atoms with E-state index in [1.807, 2.05) is 35.2 Å². The number of para-hydroxylation sites is 2. The van der Waals surface area contributed by atoms with Crippen LogP contribution in [-0.2, 0) is 0 Å². The Morgan fingerprint density at radius 3 is 2.90 bits per heavy atom. The smallest absolute Gasteiger partial charge is 0.317 e. The van der Waals surface area contributed by atoms with E-state index in [1.54, 1.807) is 6.08 Å². The van der Waals surface area contributed by atoms with Gasteiger partial charge in [0.25, 0.3) is 0 Å². The molecular formula is C23H26N4O2. The van der Waals surface area contributed by atoms with Gasteiger partial charge in [-0.15, -0.1) is 6.58 Å². The quantitative estimate of drug-likeness (QED) is 0.786. The van der Waals surface area contributed by atoms with Crippen molar-refractivity contribution >= 4 is 17.6 Å². The van der Waals surface area contributed by atoms with E-state index in [-0.39, 0.29) is 6.03 Å². The number of nitrogens with one attached hydrogen (secondary N) is 1. The van der Waals surface area contributed by atoms with E-state index < -0.39 is 0 Å². The molecule has 2 amide bonds. The minimum absolute atomic E-state index is 0.0421. The molecule has 0 aliphatic carbocycles. The highest BCUT2D eigenvalue weighted by Gasteiger charge is 2.26. The first-order valence-electron chi connectivity index (χ1n) is 10.0. The van der Waals surface area contributed by atoms with Gasteiger partial charge in [-0.05, 0) is 37.6 Å². The number of carbonyl (C=O) groups is 1. The van der Waals surface area contributed by atoms with Gasteiger partial charge in [0.15, 0.2) is 5.75 Å². The number of rotatable bonds is 2. The fourth-order valence-electron chi connectivity index (χ4n) is 3.68. The number of urea groups is 1. The lowest BCUT2D eigenvalue weighted by atomic mass is 10.1. The Balaban J connectivity index is 1.64. The van der Waals surface area contributed by atoms with Crippen LogP contribution in [0.25, 0.3) is 0 Å². The lowest BCUT2D eigenvalue weighted by Crippen LogP contribution is -2.42. The Kier molecular flexibility index (Phi) is 5.51. The Morgan fingerprint density at radius 1 is 1.17 bits per heavy atom. The number of aryl methyl sites for hydroxylation is 1. The molecule has 1 N–H and O–H groups in total. The molecule has 1 saturated heterocycles. The molecule has 0 bridgehead atoms. The molecule has 0 radical (unpaired) electrons. The number of ether oxygens (including phenoxy) is 1. The van der Waals surface area contributed by atoms with Gasteiger partial charge in [0.1, 0.15) is 17.3 Å². The van der Waals surface area contributed by atoms with Gasteiger partial charge in [-0.25, -0.2) is 9.79 Å².